The molecular formula is C14H20Cl2N4O4S2. The smallest absolute Gasteiger partial charge is 0.238 e. The highest BCUT2D eigenvalue weighted by Gasteiger charge is 2.07. The second-order valence-electron chi connectivity index (χ2n) is 5.09. The number of hydrogen-bond donors (Lipinski definition) is 4. The van der Waals surface area contributed by atoms with Crippen molar-refractivity contribution in [3.8, 4) is 0 Å². The summed E-state index contributed by atoms with van der Waals surface area (Å²) in [7, 11) is -7.37. The third-order valence-corrected chi connectivity index (χ3v) is 5.07. The van der Waals surface area contributed by atoms with E-state index in [4.69, 9.17) is 10.3 Å². The monoisotopic (exact) mass is 442 g/mol. The summed E-state index contributed by atoms with van der Waals surface area (Å²) in [5, 5.41) is 10.1. The second kappa shape index (κ2) is 10.2. The average Bonchev–Trinajstić information content (AvgIpc) is 2.51. The number of primary sulfonamides is 2. The van der Waals surface area contributed by atoms with Gasteiger partial charge in [-0.1, -0.05) is 24.3 Å². The Labute approximate surface area is 165 Å². The first-order valence-corrected chi connectivity index (χ1v) is 9.95. The second-order valence-corrected chi connectivity index (χ2v) is 8.21. The molecule has 0 aliphatic rings. The van der Waals surface area contributed by atoms with Crippen LogP contribution in [0.4, 0.5) is 0 Å². The number of benzene rings is 2. The summed E-state index contributed by atoms with van der Waals surface area (Å²) in [4.78, 5) is 0.128. The van der Waals surface area contributed by atoms with Crippen molar-refractivity contribution in [1.82, 2.24) is 10.9 Å². The summed E-state index contributed by atoms with van der Waals surface area (Å²) in [6, 6.07) is 12.4. The maximum Gasteiger partial charge on any atom is 0.238 e. The van der Waals surface area contributed by atoms with Crippen LogP contribution in [0.2, 0.25) is 0 Å². The highest BCUT2D eigenvalue weighted by Crippen LogP contribution is 2.09. The molecule has 0 saturated carbocycles. The SMILES string of the molecule is Cl.Cl.NS(=O)(=O)c1ccc(CNNCc2ccc(S(N)(=O)=O)cc2)cc1. The molecule has 0 aliphatic heterocycles. The van der Waals surface area contributed by atoms with Gasteiger partial charge in [0.15, 0.2) is 0 Å². The molecule has 6 N–H and O–H groups in total. The molecular weight excluding hydrogens is 423 g/mol. The topological polar surface area (TPSA) is 144 Å². The summed E-state index contributed by atoms with van der Waals surface area (Å²) >= 11 is 0. The van der Waals surface area contributed by atoms with Crippen LogP contribution in [0, 0.1) is 0 Å². The molecule has 12 heteroatoms. The number of nitrogens with one attached hydrogen (secondary N) is 2. The van der Waals surface area contributed by atoms with Crippen LogP contribution < -0.4 is 21.1 Å². The molecule has 0 bridgehead atoms. The minimum atomic E-state index is -3.68. The van der Waals surface area contributed by atoms with Crippen LogP contribution in [0.3, 0.4) is 0 Å². The zero-order valence-corrected chi connectivity index (χ0v) is 16.7. The number of hydrogen-bond acceptors (Lipinski definition) is 6. The van der Waals surface area contributed by atoms with Gasteiger partial charge < -0.3 is 0 Å². The van der Waals surface area contributed by atoms with Gasteiger partial charge >= 0.3 is 0 Å². The number of nitrogens with two attached hydrogens (primary N) is 2. The van der Waals surface area contributed by atoms with E-state index >= 15 is 0 Å². The lowest BCUT2D eigenvalue weighted by Gasteiger charge is -2.08. The fraction of sp³-hybridized carbons (Fsp3) is 0.143. The van der Waals surface area contributed by atoms with E-state index in [9.17, 15) is 16.8 Å². The molecule has 0 spiro atoms. The molecule has 0 heterocycles. The Morgan fingerprint density at radius 2 is 0.885 bits per heavy atom. The summed E-state index contributed by atoms with van der Waals surface area (Å²) in [6.07, 6.45) is 0. The van der Waals surface area contributed by atoms with E-state index in [1.165, 1.54) is 24.3 Å². The molecule has 146 valence electrons. The van der Waals surface area contributed by atoms with Crippen LogP contribution in [0.25, 0.3) is 0 Å². The van der Waals surface area contributed by atoms with Crippen LogP contribution in [-0.2, 0) is 33.1 Å². The molecule has 26 heavy (non-hydrogen) atoms. The molecule has 2 aromatic rings. The third kappa shape index (κ3) is 7.56. The van der Waals surface area contributed by atoms with Gasteiger partial charge in [-0.2, -0.15) is 0 Å². The Kier molecular flexibility index (Phi) is 9.70. The lowest BCUT2D eigenvalue weighted by molar-refractivity contribution is 0.529. The molecule has 8 nitrogen and oxygen atoms in total. The molecule has 0 fully saturated rings. The van der Waals surface area contributed by atoms with Gasteiger partial charge in [-0.05, 0) is 35.4 Å². The van der Waals surface area contributed by atoms with Crippen LogP contribution in [-0.4, -0.2) is 16.8 Å². The highest BCUT2D eigenvalue weighted by atomic mass is 35.5. The Morgan fingerprint density at radius 3 is 1.12 bits per heavy atom. The van der Waals surface area contributed by atoms with E-state index < -0.39 is 20.0 Å². The zero-order valence-electron chi connectivity index (χ0n) is 13.5. The lowest BCUT2D eigenvalue weighted by atomic mass is 10.2. The summed E-state index contributed by atoms with van der Waals surface area (Å²) in [6.45, 7) is 0.945. The first kappa shape index (κ1) is 24.8. The molecule has 0 atom stereocenters. The predicted octanol–water partition coefficient (Wildman–Crippen LogP) is 0.619. The first-order chi connectivity index (χ1) is 11.2. The van der Waals surface area contributed by atoms with Gasteiger partial charge in [-0.3, -0.25) is 10.9 Å². The van der Waals surface area contributed by atoms with Crippen LogP contribution in [0.1, 0.15) is 11.1 Å². The third-order valence-electron chi connectivity index (χ3n) is 3.21. The lowest BCUT2D eigenvalue weighted by Crippen LogP contribution is -2.30. The van der Waals surface area contributed by atoms with Gasteiger partial charge in [0, 0.05) is 13.1 Å². The van der Waals surface area contributed by atoms with E-state index in [2.05, 4.69) is 10.9 Å². The fourth-order valence-corrected chi connectivity index (χ4v) is 2.95. The van der Waals surface area contributed by atoms with E-state index in [1.807, 2.05) is 0 Å². The minimum Gasteiger partial charge on any atom is -0.253 e. The molecule has 0 aliphatic carbocycles. The van der Waals surface area contributed by atoms with E-state index in [0.29, 0.717) is 13.1 Å². The van der Waals surface area contributed by atoms with Crippen molar-refractivity contribution in [3.63, 3.8) is 0 Å². The van der Waals surface area contributed by atoms with Gasteiger partial charge in [-0.15, -0.1) is 24.8 Å². The first-order valence-electron chi connectivity index (χ1n) is 6.85. The molecule has 0 saturated heterocycles. The largest absolute Gasteiger partial charge is 0.253 e. The van der Waals surface area contributed by atoms with Crippen molar-refractivity contribution in [1.29, 1.82) is 0 Å². The average molecular weight is 443 g/mol. The molecule has 2 rings (SSSR count). The fourth-order valence-electron chi connectivity index (χ4n) is 1.92. The molecule has 0 radical (unpaired) electrons. The predicted molar refractivity (Wildman–Crippen MR) is 104 cm³/mol. The normalized spacial score (nSPS) is 11.3. The van der Waals surface area contributed by atoms with Crippen LogP contribution >= 0.6 is 24.8 Å². The Morgan fingerprint density at radius 1 is 0.615 bits per heavy atom. The van der Waals surface area contributed by atoms with E-state index in [-0.39, 0.29) is 34.6 Å². The minimum absolute atomic E-state index is 0. The number of hydrazine groups is 1. The zero-order chi connectivity index (χ0) is 17.8. The van der Waals surface area contributed by atoms with Gasteiger partial charge in [0.1, 0.15) is 0 Å². The molecule has 2 aromatic carbocycles. The van der Waals surface area contributed by atoms with Crippen LogP contribution in [0.15, 0.2) is 58.3 Å². The van der Waals surface area contributed by atoms with E-state index in [1.54, 1.807) is 24.3 Å². The number of rotatable bonds is 7. The highest BCUT2D eigenvalue weighted by molar-refractivity contribution is 7.89. The summed E-state index contributed by atoms with van der Waals surface area (Å²) in [5.41, 5.74) is 7.71. The van der Waals surface area contributed by atoms with Gasteiger partial charge in [-0.25, -0.2) is 27.1 Å². The van der Waals surface area contributed by atoms with Crippen molar-refractivity contribution in [2.75, 3.05) is 0 Å². The van der Waals surface area contributed by atoms with E-state index in [0.717, 1.165) is 11.1 Å². The number of sulfonamides is 2. The van der Waals surface area contributed by atoms with Crippen molar-refractivity contribution in [2.45, 2.75) is 22.9 Å². The van der Waals surface area contributed by atoms with Crippen molar-refractivity contribution in [3.05, 3.63) is 59.7 Å². The molecule has 0 aromatic heterocycles. The Balaban J connectivity index is 0.00000312. The molecule has 0 amide bonds. The van der Waals surface area contributed by atoms with Gasteiger partial charge in [0.25, 0.3) is 0 Å². The maximum atomic E-state index is 11.2. The van der Waals surface area contributed by atoms with Crippen molar-refractivity contribution < 1.29 is 16.8 Å². The quantitative estimate of drug-likeness (QED) is 0.365. The maximum absolute atomic E-state index is 11.2. The summed E-state index contributed by atoms with van der Waals surface area (Å²) in [5.74, 6) is 0. The van der Waals surface area contributed by atoms with Crippen LogP contribution in [0.5, 0.6) is 0 Å². The standard InChI is InChI=1S/C14H18N4O4S2.2ClH/c15-23(19,20)13-5-1-11(2-6-13)9-17-18-10-12-3-7-14(8-4-12)24(16,21)22;;/h1-8,17-18H,9-10H2,(H2,15,19,20)(H2,16,21,22);2*1H. The van der Waals surface area contributed by atoms with Crippen molar-refractivity contribution >= 4 is 44.9 Å². The van der Waals surface area contributed by atoms with Crippen molar-refractivity contribution in [2.24, 2.45) is 10.3 Å². The summed E-state index contributed by atoms with van der Waals surface area (Å²) < 4.78 is 44.6. The Hall–Kier alpha value is -1.24. The van der Waals surface area contributed by atoms with Gasteiger partial charge in [0.05, 0.1) is 9.79 Å². The molecule has 0 unspecified atom stereocenters. The van der Waals surface area contributed by atoms with Gasteiger partial charge in [0.2, 0.25) is 20.0 Å². The number of halogens is 2. The Bertz CT molecular complexity index is 825.